The average Bonchev–Trinajstić information content (AvgIpc) is 2.98. The van der Waals surface area contributed by atoms with Gasteiger partial charge in [-0.1, -0.05) is 18.2 Å². The predicted molar refractivity (Wildman–Crippen MR) is 72.4 cm³/mol. The van der Waals surface area contributed by atoms with Crippen LogP contribution in [-0.4, -0.2) is 23.6 Å². The van der Waals surface area contributed by atoms with Crippen LogP contribution in [0.1, 0.15) is 38.9 Å². The minimum absolute atomic E-state index is 0.0172. The number of benzene rings is 1. The van der Waals surface area contributed by atoms with Crippen LogP contribution in [0.5, 0.6) is 5.75 Å². The highest BCUT2D eigenvalue weighted by atomic mass is 16.5. The second-order valence-electron chi connectivity index (χ2n) is 4.71. The molecule has 0 bridgehead atoms. The van der Waals surface area contributed by atoms with E-state index in [2.05, 4.69) is 5.32 Å². The molecule has 1 aliphatic rings. The van der Waals surface area contributed by atoms with Gasteiger partial charge in [0, 0.05) is 18.1 Å². The monoisotopic (exact) mass is 287 g/mol. The molecule has 108 valence electrons. The van der Waals surface area contributed by atoms with Crippen molar-refractivity contribution in [1.29, 1.82) is 0 Å². The molecule has 0 fully saturated rings. The van der Waals surface area contributed by atoms with Crippen LogP contribution in [-0.2, 0) is 0 Å². The summed E-state index contributed by atoms with van der Waals surface area (Å²) in [7, 11) is 0. The molecule has 1 atom stereocenters. The predicted octanol–water partition coefficient (Wildman–Crippen LogP) is 2.23. The maximum atomic E-state index is 12.1. The highest BCUT2D eigenvalue weighted by molar-refractivity contribution is 5.95. The van der Waals surface area contributed by atoms with Crippen LogP contribution in [0, 0.1) is 0 Å². The van der Waals surface area contributed by atoms with Gasteiger partial charge in [-0.3, -0.25) is 4.79 Å². The second-order valence-corrected chi connectivity index (χ2v) is 4.71. The maximum absolute atomic E-state index is 12.1. The molecule has 1 amide bonds. The molecule has 0 radical (unpaired) electrons. The number of carbonyl (C=O) groups is 2. The number of aromatic carboxylic acids is 1. The van der Waals surface area contributed by atoms with Gasteiger partial charge in [0.1, 0.15) is 12.0 Å². The molecule has 1 aromatic heterocycles. The third-order valence-electron chi connectivity index (χ3n) is 3.33. The zero-order valence-electron chi connectivity index (χ0n) is 11.0. The molecule has 6 heteroatoms. The zero-order valence-corrected chi connectivity index (χ0v) is 11.0. The van der Waals surface area contributed by atoms with Crippen LogP contribution in [0.25, 0.3) is 0 Å². The van der Waals surface area contributed by atoms with Crippen molar-refractivity contribution in [2.45, 2.75) is 12.5 Å². The van der Waals surface area contributed by atoms with Gasteiger partial charge >= 0.3 is 5.97 Å². The zero-order chi connectivity index (χ0) is 14.8. The fourth-order valence-corrected chi connectivity index (χ4v) is 2.29. The fraction of sp³-hybridized carbons (Fsp3) is 0.200. The van der Waals surface area contributed by atoms with Crippen LogP contribution < -0.4 is 10.1 Å². The van der Waals surface area contributed by atoms with Crippen molar-refractivity contribution < 1.29 is 23.8 Å². The van der Waals surface area contributed by atoms with E-state index in [-0.39, 0.29) is 17.4 Å². The summed E-state index contributed by atoms with van der Waals surface area (Å²) in [4.78, 5) is 22.9. The number of hydrogen-bond donors (Lipinski definition) is 2. The number of hydrogen-bond acceptors (Lipinski definition) is 4. The van der Waals surface area contributed by atoms with E-state index in [1.54, 1.807) is 0 Å². The summed E-state index contributed by atoms with van der Waals surface area (Å²) in [5, 5.41) is 11.7. The van der Waals surface area contributed by atoms with Gasteiger partial charge in [0.05, 0.1) is 18.2 Å². The number of carbonyl (C=O) groups excluding carboxylic acids is 1. The van der Waals surface area contributed by atoms with Crippen molar-refractivity contribution in [3.8, 4) is 5.75 Å². The minimum Gasteiger partial charge on any atom is -0.493 e. The molecule has 0 saturated heterocycles. The quantitative estimate of drug-likeness (QED) is 0.903. The normalized spacial score (nSPS) is 16.7. The van der Waals surface area contributed by atoms with Gasteiger partial charge in [0.15, 0.2) is 5.76 Å². The van der Waals surface area contributed by atoms with E-state index in [9.17, 15) is 9.59 Å². The van der Waals surface area contributed by atoms with Crippen molar-refractivity contribution >= 4 is 11.9 Å². The van der Waals surface area contributed by atoms with Crippen LogP contribution in [0.15, 0.2) is 41.0 Å². The van der Waals surface area contributed by atoms with Crippen molar-refractivity contribution in [2.24, 2.45) is 0 Å². The topological polar surface area (TPSA) is 88.8 Å². The van der Waals surface area contributed by atoms with Crippen molar-refractivity contribution in [3.05, 3.63) is 53.5 Å². The SMILES string of the molecule is O=C(O)c1coc(C(=O)NC2CCOc3ccccc32)c1. The van der Waals surface area contributed by atoms with Crippen molar-refractivity contribution in [1.82, 2.24) is 5.32 Å². The highest BCUT2D eigenvalue weighted by Gasteiger charge is 2.24. The van der Waals surface area contributed by atoms with E-state index in [1.165, 1.54) is 6.07 Å². The largest absolute Gasteiger partial charge is 0.493 e. The van der Waals surface area contributed by atoms with Gasteiger partial charge in [0.25, 0.3) is 5.91 Å². The molecule has 1 aromatic carbocycles. The van der Waals surface area contributed by atoms with Gasteiger partial charge in [0.2, 0.25) is 0 Å². The molecule has 0 saturated carbocycles. The number of para-hydroxylation sites is 1. The van der Waals surface area contributed by atoms with Gasteiger partial charge in [-0.25, -0.2) is 4.79 Å². The number of fused-ring (bicyclic) bond motifs is 1. The Morgan fingerprint density at radius 2 is 2.10 bits per heavy atom. The summed E-state index contributed by atoms with van der Waals surface area (Å²) in [6, 6.07) is 8.52. The summed E-state index contributed by atoms with van der Waals surface area (Å²) in [6.45, 7) is 0.514. The first-order chi connectivity index (χ1) is 10.1. The Balaban J connectivity index is 1.77. The van der Waals surface area contributed by atoms with E-state index >= 15 is 0 Å². The van der Waals surface area contributed by atoms with Crippen LogP contribution >= 0.6 is 0 Å². The Morgan fingerprint density at radius 3 is 2.86 bits per heavy atom. The van der Waals surface area contributed by atoms with Gasteiger partial charge in [-0.05, 0) is 6.07 Å². The first-order valence-electron chi connectivity index (χ1n) is 6.49. The van der Waals surface area contributed by atoms with E-state index < -0.39 is 11.9 Å². The summed E-state index contributed by atoms with van der Waals surface area (Å²) in [6.07, 6.45) is 1.70. The second kappa shape index (κ2) is 5.32. The standard InChI is InChI=1S/C15H13NO5/c17-14(13-7-9(8-21-13)15(18)19)16-11-5-6-20-12-4-2-1-3-10(11)12/h1-4,7-8,11H,5-6H2,(H,16,17)(H,18,19). The van der Waals surface area contributed by atoms with Gasteiger partial charge in [-0.15, -0.1) is 0 Å². The molecule has 0 aliphatic carbocycles. The Hall–Kier alpha value is -2.76. The molecular formula is C15H13NO5. The molecular weight excluding hydrogens is 274 g/mol. The first kappa shape index (κ1) is 13.2. The molecule has 3 rings (SSSR count). The molecule has 2 heterocycles. The lowest BCUT2D eigenvalue weighted by Gasteiger charge is -2.26. The summed E-state index contributed by atoms with van der Waals surface area (Å²) >= 11 is 0. The van der Waals surface area contributed by atoms with Crippen molar-refractivity contribution in [2.75, 3.05) is 6.61 Å². The van der Waals surface area contributed by atoms with E-state index in [0.29, 0.717) is 13.0 Å². The number of carboxylic acid groups (broad SMARTS) is 1. The molecule has 2 N–H and O–H groups in total. The van der Waals surface area contributed by atoms with Gasteiger partial charge in [-0.2, -0.15) is 0 Å². The molecule has 21 heavy (non-hydrogen) atoms. The van der Waals surface area contributed by atoms with E-state index in [0.717, 1.165) is 17.6 Å². The molecule has 0 spiro atoms. The third kappa shape index (κ3) is 2.60. The Labute approximate surface area is 120 Å². The van der Waals surface area contributed by atoms with Gasteiger partial charge < -0.3 is 19.6 Å². The highest BCUT2D eigenvalue weighted by Crippen LogP contribution is 2.31. The number of rotatable bonds is 3. The lowest BCUT2D eigenvalue weighted by molar-refractivity contribution is 0.0695. The molecule has 6 nitrogen and oxygen atoms in total. The Morgan fingerprint density at radius 1 is 1.29 bits per heavy atom. The molecule has 1 aliphatic heterocycles. The average molecular weight is 287 g/mol. The third-order valence-corrected chi connectivity index (χ3v) is 3.33. The number of nitrogens with one attached hydrogen (secondary N) is 1. The van der Waals surface area contributed by atoms with Crippen LogP contribution in [0.3, 0.4) is 0 Å². The first-order valence-corrected chi connectivity index (χ1v) is 6.49. The Kier molecular flexibility index (Phi) is 3.35. The van der Waals surface area contributed by atoms with E-state index in [4.69, 9.17) is 14.3 Å². The van der Waals surface area contributed by atoms with Crippen LogP contribution in [0.2, 0.25) is 0 Å². The van der Waals surface area contributed by atoms with Crippen LogP contribution in [0.4, 0.5) is 0 Å². The summed E-state index contributed by atoms with van der Waals surface area (Å²) in [5.41, 5.74) is 0.856. The number of furan rings is 1. The molecule has 1 unspecified atom stereocenters. The summed E-state index contributed by atoms with van der Waals surface area (Å²) in [5.74, 6) is -0.838. The van der Waals surface area contributed by atoms with E-state index in [1.807, 2.05) is 24.3 Å². The van der Waals surface area contributed by atoms with Crippen molar-refractivity contribution in [3.63, 3.8) is 0 Å². The minimum atomic E-state index is -1.13. The summed E-state index contributed by atoms with van der Waals surface area (Å²) < 4.78 is 10.5. The number of ether oxygens (including phenoxy) is 1. The maximum Gasteiger partial charge on any atom is 0.338 e. The fourth-order valence-electron chi connectivity index (χ4n) is 2.29. The number of carboxylic acids is 1. The lowest BCUT2D eigenvalue weighted by Crippen LogP contribution is -2.31. The lowest BCUT2D eigenvalue weighted by atomic mass is 10.0. The Bertz CT molecular complexity index is 691. The molecule has 2 aromatic rings. The number of amides is 1. The smallest absolute Gasteiger partial charge is 0.338 e.